The van der Waals surface area contributed by atoms with Crippen molar-refractivity contribution in [2.75, 3.05) is 0 Å². The van der Waals surface area contributed by atoms with Gasteiger partial charge in [0.25, 0.3) is 5.91 Å². The molecule has 0 aliphatic carbocycles. The zero-order chi connectivity index (χ0) is 17.1. The molecule has 0 spiro atoms. The number of primary amides is 1. The van der Waals surface area contributed by atoms with E-state index in [4.69, 9.17) is 15.2 Å². The number of rotatable bonds is 4. The molecule has 0 unspecified atom stereocenters. The number of hydrogen-bond acceptors (Lipinski definition) is 5. The molecule has 2 N–H and O–H groups in total. The van der Waals surface area contributed by atoms with Crippen molar-refractivity contribution in [1.82, 2.24) is 4.98 Å². The van der Waals surface area contributed by atoms with Gasteiger partial charge in [0.15, 0.2) is 11.4 Å². The Labute approximate surface area is 137 Å². The van der Waals surface area contributed by atoms with Gasteiger partial charge < -0.3 is 15.2 Å². The number of ether oxygens (including phenoxy) is 2. The van der Waals surface area contributed by atoms with E-state index in [-0.39, 0.29) is 11.4 Å². The Bertz CT molecular complexity index is 923. The zero-order valence-corrected chi connectivity index (χ0v) is 12.9. The van der Waals surface area contributed by atoms with E-state index < -0.39 is 11.9 Å². The summed E-state index contributed by atoms with van der Waals surface area (Å²) in [5.41, 5.74) is 5.75. The molecule has 1 aromatic heterocycles. The molecule has 6 heteroatoms. The second-order valence-electron chi connectivity index (χ2n) is 5.06. The lowest BCUT2D eigenvalue weighted by molar-refractivity contribution is -0.131. The summed E-state index contributed by atoms with van der Waals surface area (Å²) in [6.45, 7) is 1.24. The smallest absolute Gasteiger partial charge is 0.308 e. The standard InChI is InChI=1S/C18H14N2O4/c1-11(21)23-16-10-12-9-14(24-13-5-3-2-4-6-13)7-8-15(12)20-17(16)18(19)22/h2-10H,1H3,(H2,19,22). The molecule has 0 saturated carbocycles. The molecule has 3 rings (SSSR count). The van der Waals surface area contributed by atoms with E-state index in [9.17, 15) is 9.59 Å². The van der Waals surface area contributed by atoms with Crippen molar-refractivity contribution in [3.05, 3.63) is 60.3 Å². The van der Waals surface area contributed by atoms with Gasteiger partial charge in [-0.3, -0.25) is 9.59 Å². The normalized spacial score (nSPS) is 10.4. The lowest BCUT2D eigenvalue weighted by Gasteiger charge is -2.10. The molecule has 0 radical (unpaired) electrons. The SMILES string of the molecule is CC(=O)Oc1cc2cc(Oc3ccccc3)ccc2nc1C(N)=O. The zero-order valence-electron chi connectivity index (χ0n) is 12.9. The number of hydrogen-bond donors (Lipinski definition) is 1. The molecule has 120 valence electrons. The minimum atomic E-state index is -0.766. The van der Waals surface area contributed by atoms with Crippen LogP contribution >= 0.6 is 0 Å². The van der Waals surface area contributed by atoms with Crippen LogP contribution in [-0.2, 0) is 4.79 Å². The third-order valence-electron chi connectivity index (χ3n) is 3.22. The fourth-order valence-corrected chi connectivity index (χ4v) is 2.23. The summed E-state index contributed by atoms with van der Waals surface area (Å²) in [5.74, 6) is -0.0117. The third kappa shape index (κ3) is 3.33. The number of fused-ring (bicyclic) bond motifs is 1. The van der Waals surface area contributed by atoms with E-state index in [1.807, 2.05) is 30.3 Å². The Morgan fingerprint density at radius 2 is 1.75 bits per heavy atom. The Kier molecular flexibility index (Phi) is 4.11. The van der Waals surface area contributed by atoms with E-state index in [0.717, 1.165) is 0 Å². The summed E-state index contributed by atoms with van der Waals surface area (Å²) in [4.78, 5) is 26.9. The number of amides is 1. The number of nitrogens with zero attached hydrogens (tertiary/aromatic N) is 1. The van der Waals surface area contributed by atoms with E-state index >= 15 is 0 Å². The summed E-state index contributed by atoms with van der Waals surface area (Å²) in [6.07, 6.45) is 0. The summed E-state index contributed by atoms with van der Waals surface area (Å²) in [6, 6.07) is 16.0. The molecule has 0 atom stereocenters. The van der Waals surface area contributed by atoms with Gasteiger partial charge in [-0.15, -0.1) is 0 Å². The van der Waals surface area contributed by atoms with Crippen LogP contribution in [0.4, 0.5) is 0 Å². The van der Waals surface area contributed by atoms with Crippen LogP contribution in [0.5, 0.6) is 17.2 Å². The fraction of sp³-hybridized carbons (Fsp3) is 0.0556. The highest BCUT2D eigenvalue weighted by Crippen LogP contribution is 2.28. The first-order valence-corrected chi connectivity index (χ1v) is 7.19. The van der Waals surface area contributed by atoms with Crippen LogP contribution in [0.15, 0.2) is 54.6 Å². The Morgan fingerprint density at radius 1 is 1.00 bits per heavy atom. The lowest BCUT2D eigenvalue weighted by atomic mass is 10.1. The van der Waals surface area contributed by atoms with Crippen molar-refractivity contribution < 1.29 is 19.1 Å². The molecule has 0 bridgehead atoms. The van der Waals surface area contributed by atoms with E-state index in [1.165, 1.54) is 6.92 Å². The first kappa shape index (κ1) is 15.5. The van der Waals surface area contributed by atoms with Gasteiger partial charge >= 0.3 is 5.97 Å². The average Bonchev–Trinajstić information content (AvgIpc) is 2.54. The number of carbonyl (C=O) groups is 2. The maximum Gasteiger partial charge on any atom is 0.308 e. The molecule has 6 nitrogen and oxygen atoms in total. The molecule has 0 saturated heterocycles. The summed E-state index contributed by atoms with van der Waals surface area (Å²) in [5, 5.41) is 0.657. The first-order valence-electron chi connectivity index (χ1n) is 7.19. The van der Waals surface area contributed by atoms with Crippen molar-refractivity contribution in [3.63, 3.8) is 0 Å². The van der Waals surface area contributed by atoms with Gasteiger partial charge in [-0.2, -0.15) is 0 Å². The molecule has 1 heterocycles. The molecule has 0 fully saturated rings. The molecule has 3 aromatic rings. The number of pyridine rings is 1. The van der Waals surface area contributed by atoms with Crippen LogP contribution in [0.1, 0.15) is 17.4 Å². The van der Waals surface area contributed by atoms with Gasteiger partial charge in [0.1, 0.15) is 11.5 Å². The summed E-state index contributed by atoms with van der Waals surface area (Å²) in [7, 11) is 0. The molecule has 0 aliphatic heterocycles. The van der Waals surface area contributed by atoms with Gasteiger partial charge in [-0.05, 0) is 36.4 Å². The molecule has 24 heavy (non-hydrogen) atoms. The quantitative estimate of drug-likeness (QED) is 0.745. The van der Waals surface area contributed by atoms with Gasteiger partial charge in [0, 0.05) is 12.3 Å². The lowest BCUT2D eigenvalue weighted by Crippen LogP contribution is -2.16. The number of nitrogens with two attached hydrogens (primary N) is 1. The van der Waals surface area contributed by atoms with Crippen LogP contribution < -0.4 is 15.2 Å². The Hall–Kier alpha value is -3.41. The second kappa shape index (κ2) is 6.37. The highest BCUT2D eigenvalue weighted by Gasteiger charge is 2.15. The van der Waals surface area contributed by atoms with Crippen molar-refractivity contribution in [3.8, 4) is 17.2 Å². The summed E-state index contributed by atoms with van der Waals surface area (Å²) < 4.78 is 10.8. The summed E-state index contributed by atoms with van der Waals surface area (Å²) >= 11 is 0. The maximum atomic E-state index is 11.5. The number of esters is 1. The highest BCUT2D eigenvalue weighted by atomic mass is 16.5. The number of benzene rings is 2. The topological polar surface area (TPSA) is 91.5 Å². The largest absolute Gasteiger partial charge is 0.457 e. The number of aromatic nitrogens is 1. The highest BCUT2D eigenvalue weighted by molar-refractivity contribution is 5.97. The maximum absolute atomic E-state index is 11.5. The van der Waals surface area contributed by atoms with Crippen LogP contribution in [0, 0.1) is 0 Å². The first-order chi connectivity index (χ1) is 11.5. The molecule has 0 aliphatic rings. The van der Waals surface area contributed by atoms with E-state index in [1.54, 1.807) is 24.3 Å². The molecule has 2 aromatic carbocycles. The third-order valence-corrected chi connectivity index (χ3v) is 3.22. The minimum Gasteiger partial charge on any atom is -0.457 e. The van der Waals surface area contributed by atoms with Gasteiger partial charge in [-0.1, -0.05) is 18.2 Å². The number of carbonyl (C=O) groups excluding carboxylic acids is 2. The van der Waals surface area contributed by atoms with E-state index in [2.05, 4.69) is 4.98 Å². The Morgan fingerprint density at radius 3 is 2.42 bits per heavy atom. The van der Waals surface area contributed by atoms with Gasteiger partial charge in [0.05, 0.1) is 5.52 Å². The van der Waals surface area contributed by atoms with Crippen molar-refractivity contribution >= 4 is 22.8 Å². The van der Waals surface area contributed by atoms with Gasteiger partial charge in [-0.25, -0.2) is 4.98 Å². The van der Waals surface area contributed by atoms with E-state index in [0.29, 0.717) is 22.4 Å². The molecule has 1 amide bonds. The van der Waals surface area contributed by atoms with Crippen molar-refractivity contribution in [2.45, 2.75) is 6.92 Å². The van der Waals surface area contributed by atoms with Crippen LogP contribution in [0.3, 0.4) is 0 Å². The predicted molar refractivity (Wildman–Crippen MR) is 88.1 cm³/mol. The van der Waals surface area contributed by atoms with Crippen LogP contribution in [-0.4, -0.2) is 16.9 Å². The predicted octanol–water partition coefficient (Wildman–Crippen LogP) is 3.05. The number of para-hydroxylation sites is 1. The monoisotopic (exact) mass is 322 g/mol. The Balaban J connectivity index is 2.03. The average molecular weight is 322 g/mol. The van der Waals surface area contributed by atoms with Crippen LogP contribution in [0.2, 0.25) is 0 Å². The van der Waals surface area contributed by atoms with Crippen molar-refractivity contribution in [1.29, 1.82) is 0 Å². The minimum absolute atomic E-state index is 0.0272. The second-order valence-corrected chi connectivity index (χ2v) is 5.06. The fourth-order valence-electron chi connectivity index (χ4n) is 2.23. The van der Waals surface area contributed by atoms with Crippen molar-refractivity contribution in [2.24, 2.45) is 5.73 Å². The van der Waals surface area contributed by atoms with Gasteiger partial charge in [0.2, 0.25) is 0 Å². The molecular formula is C18H14N2O4. The molecular weight excluding hydrogens is 308 g/mol. The van der Waals surface area contributed by atoms with Crippen LogP contribution in [0.25, 0.3) is 10.9 Å².